The van der Waals surface area contributed by atoms with Crippen molar-refractivity contribution in [2.75, 3.05) is 31.1 Å². The highest BCUT2D eigenvalue weighted by Crippen LogP contribution is 2.19. The van der Waals surface area contributed by atoms with Crippen LogP contribution >= 0.6 is 11.6 Å². The highest BCUT2D eigenvalue weighted by Gasteiger charge is 2.37. The molecule has 6 nitrogen and oxygen atoms in total. The van der Waals surface area contributed by atoms with Gasteiger partial charge < -0.3 is 11.1 Å². The van der Waals surface area contributed by atoms with Crippen LogP contribution in [0.2, 0.25) is 0 Å². The van der Waals surface area contributed by atoms with E-state index in [1.165, 1.54) is 0 Å². The molecule has 3 unspecified atom stereocenters. The number of halogens is 1. The summed E-state index contributed by atoms with van der Waals surface area (Å²) in [5.41, 5.74) is 5.65. The van der Waals surface area contributed by atoms with E-state index in [9.17, 15) is 13.2 Å². The van der Waals surface area contributed by atoms with Crippen molar-refractivity contribution in [3.8, 4) is 0 Å². The van der Waals surface area contributed by atoms with Crippen molar-refractivity contribution >= 4 is 27.3 Å². The number of rotatable bonds is 4. The normalized spacial score (nSPS) is 34.5. The van der Waals surface area contributed by atoms with Crippen LogP contribution in [0.3, 0.4) is 0 Å². The Kier molecular flexibility index (Phi) is 4.70. The number of nitrogens with zero attached hydrogens (tertiary/aromatic N) is 1. The zero-order valence-corrected chi connectivity index (χ0v) is 12.3. The summed E-state index contributed by atoms with van der Waals surface area (Å²) in [6.07, 6.45) is 2.06. The molecule has 1 amide bonds. The standard InChI is InChI=1S/C11H20ClN3O3S/c12-9-6-19(17,18)7-10(9)14-11(16)5-15-3-1-2-8(15)4-13/h8-10H,1-7,13H2,(H,14,16). The number of likely N-dealkylation sites (tertiary alicyclic amines) is 1. The van der Waals surface area contributed by atoms with Gasteiger partial charge in [0.25, 0.3) is 0 Å². The molecule has 2 aliphatic heterocycles. The number of carbonyl (C=O) groups excluding carboxylic acids is 1. The highest BCUT2D eigenvalue weighted by molar-refractivity contribution is 7.91. The van der Waals surface area contributed by atoms with Crippen LogP contribution in [-0.2, 0) is 14.6 Å². The average Bonchev–Trinajstić information content (AvgIpc) is 2.83. The number of nitrogens with one attached hydrogen (secondary N) is 1. The minimum Gasteiger partial charge on any atom is -0.350 e. The van der Waals surface area contributed by atoms with Crippen LogP contribution < -0.4 is 11.1 Å². The van der Waals surface area contributed by atoms with E-state index in [-0.39, 0.29) is 30.0 Å². The van der Waals surface area contributed by atoms with Crippen LogP contribution in [0.5, 0.6) is 0 Å². The molecule has 0 saturated carbocycles. The van der Waals surface area contributed by atoms with Crippen molar-refractivity contribution in [3.05, 3.63) is 0 Å². The first-order chi connectivity index (χ1) is 8.91. The summed E-state index contributed by atoms with van der Waals surface area (Å²) in [6.45, 7) is 1.67. The van der Waals surface area contributed by atoms with Gasteiger partial charge in [-0.15, -0.1) is 11.6 Å². The number of nitrogens with two attached hydrogens (primary N) is 1. The summed E-state index contributed by atoms with van der Waals surface area (Å²) in [6, 6.07) is -0.219. The largest absolute Gasteiger partial charge is 0.350 e. The van der Waals surface area contributed by atoms with E-state index >= 15 is 0 Å². The molecule has 19 heavy (non-hydrogen) atoms. The Hall–Kier alpha value is -0.370. The third kappa shape index (κ3) is 3.81. The molecule has 2 fully saturated rings. The zero-order valence-electron chi connectivity index (χ0n) is 10.7. The Labute approximate surface area is 118 Å². The first-order valence-electron chi connectivity index (χ1n) is 6.49. The van der Waals surface area contributed by atoms with Crippen LogP contribution in [-0.4, -0.2) is 67.8 Å². The second kappa shape index (κ2) is 5.95. The molecule has 8 heteroatoms. The Balaban J connectivity index is 1.85. The summed E-state index contributed by atoms with van der Waals surface area (Å²) in [5.74, 6) is -0.296. The van der Waals surface area contributed by atoms with Gasteiger partial charge in [-0.2, -0.15) is 0 Å². The van der Waals surface area contributed by atoms with E-state index < -0.39 is 21.3 Å². The summed E-state index contributed by atoms with van der Waals surface area (Å²) in [4.78, 5) is 14.0. The van der Waals surface area contributed by atoms with Gasteiger partial charge in [0, 0.05) is 12.6 Å². The van der Waals surface area contributed by atoms with Crippen LogP contribution in [0, 0.1) is 0 Å². The molecule has 0 radical (unpaired) electrons. The van der Waals surface area contributed by atoms with Crippen molar-refractivity contribution in [3.63, 3.8) is 0 Å². The lowest BCUT2D eigenvalue weighted by Crippen LogP contribution is -2.47. The first-order valence-corrected chi connectivity index (χ1v) is 8.75. The second-order valence-corrected chi connectivity index (χ2v) is 7.98. The van der Waals surface area contributed by atoms with Crippen LogP contribution in [0.4, 0.5) is 0 Å². The number of sulfone groups is 1. The Morgan fingerprint density at radius 2 is 2.16 bits per heavy atom. The lowest BCUT2D eigenvalue weighted by atomic mass is 10.2. The molecule has 110 valence electrons. The van der Waals surface area contributed by atoms with Gasteiger partial charge in [-0.05, 0) is 19.4 Å². The fraction of sp³-hybridized carbons (Fsp3) is 0.909. The van der Waals surface area contributed by atoms with Gasteiger partial charge in [0.1, 0.15) is 0 Å². The maximum absolute atomic E-state index is 11.9. The molecule has 0 spiro atoms. The van der Waals surface area contributed by atoms with E-state index in [0.717, 1.165) is 19.4 Å². The first kappa shape index (κ1) is 15.0. The monoisotopic (exact) mass is 309 g/mol. The maximum Gasteiger partial charge on any atom is 0.234 e. The SMILES string of the molecule is NCC1CCCN1CC(=O)NC1CS(=O)(=O)CC1Cl. The van der Waals surface area contributed by atoms with E-state index in [4.69, 9.17) is 17.3 Å². The highest BCUT2D eigenvalue weighted by atomic mass is 35.5. The van der Waals surface area contributed by atoms with Gasteiger partial charge in [-0.25, -0.2) is 8.42 Å². The topological polar surface area (TPSA) is 92.5 Å². The molecular formula is C11H20ClN3O3S. The van der Waals surface area contributed by atoms with Crippen molar-refractivity contribution in [1.29, 1.82) is 0 Å². The molecule has 2 heterocycles. The predicted octanol–water partition coefficient (Wildman–Crippen LogP) is -1.07. The van der Waals surface area contributed by atoms with Crippen molar-refractivity contribution in [2.45, 2.75) is 30.3 Å². The molecule has 3 N–H and O–H groups in total. The summed E-state index contributed by atoms with van der Waals surface area (Å²) in [5, 5.41) is 2.19. The quantitative estimate of drug-likeness (QED) is 0.645. The number of hydrogen-bond donors (Lipinski definition) is 2. The number of hydrogen-bond acceptors (Lipinski definition) is 5. The van der Waals surface area contributed by atoms with E-state index in [0.29, 0.717) is 6.54 Å². The minimum absolute atomic E-state index is 0.0609. The number of amides is 1. The summed E-state index contributed by atoms with van der Waals surface area (Å²) >= 11 is 5.95. The molecule has 0 bridgehead atoms. The fourth-order valence-corrected chi connectivity index (χ4v) is 5.29. The number of carbonyl (C=O) groups is 1. The van der Waals surface area contributed by atoms with Gasteiger partial charge in [-0.1, -0.05) is 0 Å². The van der Waals surface area contributed by atoms with Crippen LogP contribution in [0.1, 0.15) is 12.8 Å². The van der Waals surface area contributed by atoms with Crippen molar-refractivity contribution < 1.29 is 13.2 Å². The van der Waals surface area contributed by atoms with Crippen LogP contribution in [0.15, 0.2) is 0 Å². The average molecular weight is 310 g/mol. The Morgan fingerprint density at radius 3 is 2.74 bits per heavy atom. The molecular weight excluding hydrogens is 290 g/mol. The molecule has 0 aromatic carbocycles. The Bertz CT molecular complexity index is 442. The maximum atomic E-state index is 11.9. The lowest BCUT2D eigenvalue weighted by molar-refractivity contribution is -0.122. The lowest BCUT2D eigenvalue weighted by Gasteiger charge is -2.23. The van der Waals surface area contributed by atoms with Gasteiger partial charge in [0.15, 0.2) is 9.84 Å². The molecule has 2 rings (SSSR count). The molecule has 0 aliphatic carbocycles. The molecule has 3 atom stereocenters. The van der Waals surface area contributed by atoms with Gasteiger partial charge in [0.05, 0.1) is 29.5 Å². The Morgan fingerprint density at radius 1 is 1.42 bits per heavy atom. The predicted molar refractivity (Wildman–Crippen MR) is 73.9 cm³/mol. The minimum atomic E-state index is -3.11. The molecule has 0 aromatic heterocycles. The molecule has 2 saturated heterocycles. The van der Waals surface area contributed by atoms with E-state index in [2.05, 4.69) is 5.32 Å². The van der Waals surface area contributed by atoms with Gasteiger partial charge in [-0.3, -0.25) is 9.69 Å². The summed E-state index contributed by atoms with van der Waals surface area (Å²) < 4.78 is 22.8. The number of alkyl halides is 1. The molecule has 2 aliphatic rings. The summed E-state index contributed by atoms with van der Waals surface area (Å²) in [7, 11) is -3.11. The third-order valence-corrected chi connectivity index (χ3v) is 6.12. The zero-order chi connectivity index (χ0) is 14.0. The van der Waals surface area contributed by atoms with E-state index in [1.807, 2.05) is 4.90 Å². The second-order valence-electron chi connectivity index (χ2n) is 5.27. The fourth-order valence-electron chi connectivity index (χ4n) is 2.74. The van der Waals surface area contributed by atoms with Crippen molar-refractivity contribution in [2.24, 2.45) is 5.73 Å². The van der Waals surface area contributed by atoms with Crippen molar-refractivity contribution in [1.82, 2.24) is 10.2 Å². The molecule has 0 aromatic rings. The third-order valence-electron chi connectivity index (χ3n) is 3.75. The smallest absolute Gasteiger partial charge is 0.234 e. The van der Waals surface area contributed by atoms with Crippen LogP contribution in [0.25, 0.3) is 0 Å². The van der Waals surface area contributed by atoms with E-state index in [1.54, 1.807) is 0 Å². The van der Waals surface area contributed by atoms with Gasteiger partial charge >= 0.3 is 0 Å². The van der Waals surface area contributed by atoms with Gasteiger partial charge in [0.2, 0.25) is 5.91 Å².